The fourth-order valence-electron chi connectivity index (χ4n) is 3.82. The first-order valence-electron chi connectivity index (χ1n) is 8.92. The summed E-state index contributed by atoms with van der Waals surface area (Å²) < 4.78 is 17.0. The van der Waals surface area contributed by atoms with Crippen LogP contribution >= 0.6 is 0 Å². The molecule has 2 fully saturated rings. The summed E-state index contributed by atoms with van der Waals surface area (Å²) in [7, 11) is 0. The van der Waals surface area contributed by atoms with E-state index in [1.54, 1.807) is 20.8 Å². The zero-order chi connectivity index (χ0) is 19.2. The Labute approximate surface area is 153 Å². The number of aliphatic hydroxyl groups is 1. The summed E-state index contributed by atoms with van der Waals surface area (Å²) in [4.78, 5) is 24.4. The van der Waals surface area contributed by atoms with Gasteiger partial charge in [-0.05, 0) is 46.1 Å². The molecule has 0 bridgehead atoms. The van der Waals surface area contributed by atoms with Crippen molar-refractivity contribution in [1.82, 2.24) is 0 Å². The van der Waals surface area contributed by atoms with Crippen LogP contribution in [0.2, 0.25) is 0 Å². The molecular formula is C20H26O6. The van der Waals surface area contributed by atoms with E-state index in [1.807, 2.05) is 13.0 Å². The smallest absolute Gasteiger partial charge is 0.334 e. The minimum Gasteiger partial charge on any atom is -0.455 e. The second kappa shape index (κ2) is 6.67. The van der Waals surface area contributed by atoms with Crippen LogP contribution in [0.15, 0.2) is 35.5 Å². The first-order valence-corrected chi connectivity index (χ1v) is 8.92. The summed E-state index contributed by atoms with van der Waals surface area (Å²) in [6.07, 6.45) is 1.84. The molecule has 0 radical (unpaired) electrons. The highest BCUT2D eigenvalue weighted by atomic mass is 16.6. The van der Waals surface area contributed by atoms with Crippen molar-refractivity contribution in [2.75, 3.05) is 0 Å². The van der Waals surface area contributed by atoms with Crippen LogP contribution in [-0.2, 0) is 23.8 Å². The van der Waals surface area contributed by atoms with Crippen LogP contribution in [0.3, 0.4) is 0 Å². The van der Waals surface area contributed by atoms with Crippen LogP contribution in [-0.4, -0.2) is 47.1 Å². The number of rotatable bonds is 2. The van der Waals surface area contributed by atoms with E-state index in [9.17, 15) is 14.7 Å². The number of esters is 2. The summed E-state index contributed by atoms with van der Waals surface area (Å²) >= 11 is 0. The van der Waals surface area contributed by atoms with Gasteiger partial charge in [-0.15, -0.1) is 0 Å². The third-order valence-corrected chi connectivity index (χ3v) is 5.40. The Morgan fingerprint density at radius 2 is 2.15 bits per heavy atom. The van der Waals surface area contributed by atoms with E-state index < -0.39 is 36.2 Å². The van der Waals surface area contributed by atoms with Gasteiger partial charge in [-0.25, -0.2) is 9.59 Å². The number of epoxide rings is 1. The van der Waals surface area contributed by atoms with Crippen molar-refractivity contribution in [3.8, 4) is 0 Å². The molecule has 6 atom stereocenters. The predicted octanol–water partition coefficient (Wildman–Crippen LogP) is 2.22. The van der Waals surface area contributed by atoms with Gasteiger partial charge in [0.15, 0.2) is 0 Å². The van der Waals surface area contributed by atoms with Crippen molar-refractivity contribution in [1.29, 1.82) is 0 Å². The summed E-state index contributed by atoms with van der Waals surface area (Å²) in [5.41, 5.74) is 1.29. The van der Waals surface area contributed by atoms with Crippen molar-refractivity contribution in [3.63, 3.8) is 0 Å². The lowest BCUT2D eigenvalue weighted by molar-refractivity contribution is -0.153. The maximum absolute atomic E-state index is 12.2. The van der Waals surface area contributed by atoms with Crippen molar-refractivity contribution in [3.05, 3.63) is 35.5 Å². The first kappa shape index (κ1) is 18.9. The molecule has 0 unspecified atom stereocenters. The zero-order valence-electron chi connectivity index (χ0n) is 15.7. The van der Waals surface area contributed by atoms with E-state index >= 15 is 0 Å². The molecule has 2 aliphatic heterocycles. The van der Waals surface area contributed by atoms with Gasteiger partial charge in [0.1, 0.15) is 24.4 Å². The fraction of sp³-hybridized carbons (Fsp3) is 0.600. The Balaban J connectivity index is 1.99. The number of allylic oxidation sites excluding steroid dienone is 2. The molecule has 3 rings (SSSR count). The number of aliphatic hydroxyl groups excluding tert-OH is 1. The molecule has 0 aromatic heterocycles. The number of fused-ring (bicyclic) bond motifs is 3. The molecular weight excluding hydrogens is 336 g/mol. The molecule has 0 saturated carbocycles. The van der Waals surface area contributed by atoms with Crippen LogP contribution in [0.25, 0.3) is 0 Å². The average molecular weight is 362 g/mol. The molecule has 142 valence electrons. The Morgan fingerprint density at radius 1 is 1.46 bits per heavy atom. The lowest BCUT2D eigenvalue weighted by atomic mass is 9.81. The van der Waals surface area contributed by atoms with Gasteiger partial charge in [0.05, 0.1) is 11.5 Å². The lowest BCUT2D eigenvalue weighted by Gasteiger charge is -2.31. The number of carbonyl (C=O) groups excluding carboxylic acids is 2. The normalized spacial score (nSPS) is 41.1. The fourth-order valence-corrected chi connectivity index (χ4v) is 3.82. The Kier molecular flexibility index (Phi) is 4.84. The largest absolute Gasteiger partial charge is 0.455 e. The van der Waals surface area contributed by atoms with Crippen molar-refractivity contribution >= 4 is 11.9 Å². The molecule has 6 heteroatoms. The van der Waals surface area contributed by atoms with Gasteiger partial charge in [0, 0.05) is 11.6 Å². The van der Waals surface area contributed by atoms with Crippen LogP contribution < -0.4 is 0 Å². The average Bonchev–Trinajstić information content (AvgIpc) is 3.12. The summed E-state index contributed by atoms with van der Waals surface area (Å²) in [6, 6.07) is 0. The molecule has 1 N–H and O–H groups in total. The molecule has 3 aliphatic rings. The second-order valence-corrected chi connectivity index (χ2v) is 7.83. The van der Waals surface area contributed by atoms with Gasteiger partial charge in [0.25, 0.3) is 0 Å². The molecule has 0 amide bonds. The highest BCUT2D eigenvalue weighted by molar-refractivity contribution is 5.91. The highest BCUT2D eigenvalue weighted by Crippen LogP contribution is 2.50. The zero-order valence-corrected chi connectivity index (χ0v) is 15.7. The van der Waals surface area contributed by atoms with Crippen molar-refractivity contribution < 1.29 is 28.9 Å². The molecule has 2 saturated heterocycles. The Morgan fingerprint density at radius 3 is 2.81 bits per heavy atom. The summed E-state index contributed by atoms with van der Waals surface area (Å²) in [5.74, 6) is -1.75. The first-order chi connectivity index (χ1) is 12.1. The van der Waals surface area contributed by atoms with Crippen LogP contribution in [0, 0.1) is 5.92 Å². The van der Waals surface area contributed by atoms with E-state index in [4.69, 9.17) is 14.2 Å². The molecule has 0 spiro atoms. The van der Waals surface area contributed by atoms with Crippen molar-refractivity contribution in [2.45, 2.75) is 70.6 Å². The van der Waals surface area contributed by atoms with E-state index in [2.05, 4.69) is 6.58 Å². The van der Waals surface area contributed by atoms with Gasteiger partial charge < -0.3 is 19.3 Å². The van der Waals surface area contributed by atoms with E-state index in [0.29, 0.717) is 5.57 Å². The maximum atomic E-state index is 12.2. The quantitative estimate of drug-likeness (QED) is 0.351. The van der Waals surface area contributed by atoms with E-state index in [-0.39, 0.29) is 17.3 Å². The molecule has 0 aromatic carbocycles. The molecule has 6 nitrogen and oxygen atoms in total. The molecule has 0 aromatic rings. The summed E-state index contributed by atoms with van der Waals surface area (Å²) in [6.45, 7) is 11.2. The SMILES string of the molecule is C=C1C(=O)O[C@H]2[C@H]1[C@@H](OC(=O)C=C(C)C)[C@H](O)/C(C)=C/CC[C@@]1(C)O[C@H]21. The predicted molar refractivity (Wildman–Crippen MR) is 94.1 cm³/mol. The van der Waals surface area contributed by atoms with Gasteiger partial charge in [-0.3, -0.25) is 0 Å². The topological polar surface area (TPSA) is 85.4 Å². The summed E-state index contributed by atoms with van der Waals surface area (Å²) in [5, 5.41) is 10.8. The lowest BCUT2D eigenvalue weighted by Crippen LogP contribution is -2.45. The third kappa shape index (κ3) is 3.35. The Bertz CT molecular complexity index is 701. The van der Waals surface area contributed by atoms with Crippen LogP contribution in [0.4, 0.5) is 0 Å². The Hall–Kier alpha value is -1.92. The maximum Gasteiger partial charge on any atom is 0.334 e. The molecule has 1 aliphatic carbocycles. The third-order valence-electron chi connectivity index (χ3n) is 5.40. The number of carbonyl (C=O) groups is 2. The van der Waals surface area contributed by atoms with Gasteiger partial charge in [0.2, 0.25) is 0 Å². The standard InChI is InChI=1S/C20H26O6/c1-10(2)9-13(21)24-16-14-12(4)19(23)25-17(14)18-20(5,26-18)8-6-7-11(3)15(16)22/h7,9,14-18,22H,4,6,8H2,1-3,5H3/b11-7+/t14-,15-,16-,17+,18-,20-/m1/s1. The van der Waals surface area contributed by atoms with Crippen molar-refractivity contribution in [2.24, 2.45) is 5.92 Å². The second-order valence-electron chi connectivity index (χ2n) is 7.83. The minimum atomic E-state index is -1.05. The monoisotopic (exact) mass is 362 g/mol. The minimum absolute atomic E-state index is 0.204. The number of ether oxygens (including phenoxy) is 3. The number of hydrogen-bond acceptors (Lipinski definition) is 6. The highest BCUT2D eigenvalue weighted by Gasteiger charge is 2.64. The molecule has 2 heterocycles. The van der Waals surface area contributed by atoms with Gasteiger partial charge in [-0.2, -0.15) is 0 Å². The number of hydrogen-bond donors (Lipinski definition) is 1. The van der Waals surface area contributed by atoms with Gasteiger partial charge >= 0.3 is 11.9 Å². The van der Waals surface area contributed by atoms with Crippen LogP contribution in [0.5, 0.6) is 0 Å². The van der Waals surface area contributed by atoms with E-state index in [0.717, 1.165) is 18.4 Å². The van der Waals surface area contributed by atoms with Crippen LogP contribution in [0.1, 0.15) is 40.5 Å². The van der Waals surface area contributed by atoms with Gasteiger partial charge in [-0.1, -0.05) is 18.2 Å². The van der Waals surface area contributed by atoms with E-state index in [1.165, 1.54) is 6.08 Å². The molecule has 26 heavy (non-hydrogen) atoms.